The minimum atomic E-state index is -0.169. The Morgan fingerprint density at radius 2 is 2.08 bits per heavy atom. The molecular formula is C8H8N4O. The molecule has 1 aliphatic heterocycles. The van der Waals surface area contributed by atoms with E-state index in [1.54, 1.807) is 6.20 Å². The van der Waals surface area contributed by atoms with E-state index in [1.807, 2.05) is 13.8 Å². The van der Waals surface area contributed by atoms with E-state index in [0.29, 0.717) is 5.69 Å². The maximum Gasteiger partial charge on any atom is 0.259 e. The number of fused-ring (bicyclic) bond motifs is 1. The van der Waals surface area contributed by atoms with Gasteiger partial charge in [-0.3, -0.25) is 0 Å². The number of aromatic hydroxyl groups is 1. The van der Waals surface area contributed by atoms with Crippen molar-refractivity contribution in [1.29, 1.82) is 0 Å². The van der Waals surface area contributed by atoms with Crippen LogP contribution in [-0.4, -0.2) is 15.3 Å². The van der Waals surface area contributed by atoms with Crippen LogP contribution in [-0.2, 0) is 0 Å². The lowest BCUT2D eigenvalue weighted by atomic mass is 10.2. The molecule has 0 unspecified atom stereocenters. The van der Waals surface area contributed by atoms with E-state index in [4.69, 9.17) is 0 Å². The van der Waals surface area contributed by atoms with Gasteiger partial charge < -0.3 is 5.11 Å². The molecule has 0 bridgehead atoms. The molecule has 13 heavy (non-hydrogen) atoms. The van der Waals surface area contributed by atoms with Crippen molar-refractivity contribution >= 4 is 17.5 Å². The molecule has 0 radical (unpaired) electrons. The Bertz CT molecular complexity index is 500. The number of rotatable bonds is 0. The van der Waals surface area contributed by atoms with Crippen molar-refractivity contribution < 1.29 is 5.11 Å². The molecule has 1 aromatic heterocycles. The summed E-state index contributed by atoms with van der Waals surface area (Å²) in [6, 6.07) is 0. The van der Waals surface area contributed by atoms with Gasteiger partial charge in [0.15, 0.2) is 5.69 Å². The molecule has 0 saturated heterocycles. The smallest absolute Gasteiger partial charge is 0.259 e. The van der Waals surface area contributed by atoms with E-state index >= 15 is 0 Å². The van der Waals surface area contributed by atoms with Crippen LogP contribution in [0.25, 0.3) is 11.8 Å². The van der Waals surface area contributed by atoms with Crippen LogP contribution >= 0.6 is 0 Å². The fourth-order valence-corrected chi connectivity index (χ4v) is 1.17. The third kappa shape index (κ3) is 1.09. The van der Waals surface area contributed by atoms with Crippen molar-refractivity contribution in [3.63, 3.8) is 0 Å². The minimum absolute atomic E-state index is 0.169. The summed E-state index contributed by atoms with van der Waals surface area (Å²) < 4.78 is 0. The maximum absolute atomic E-state index is 9.28. The summed E-state index contributed by atoms with van der Waals surface area (Å²) in [5.74, 6) is -0.169. The Morgan fingerprint density at radius 1 is 1.31 bits per heavy atom. The van der Waals surface area contributed by atoms with Crippen molar-refractivity contribution in [3.8, 4) is 5.88 Å². The van der Waals surface area contributed by atoms with Gasteiger partial charge >= 0.3 is 0 Å². The summed E-state index contributed by atoms with van der Waals surface area (Å²) in [7, 11) is 0. The molecule has 0 amide bonds. The monoisotopic (exact) mass is 176 g/mol. The molecule has 5 heteroatoms. The van der Waals surface area contributed by atoms with Crippen molar-refractivity contribution in [1.82, 2.24) is 10.2 Å². The summed E-state index contributed by atoms with van der Waals surface area (Å²) >= 11 is 0. The van der Waals surface area contributed by atoms with Gasteiger partial charge in [-0.05, 0) is 19.4 Å². The largest absolute Gasteiger partial charge is 0.491 e. The first-order chi connectivity index (χ1) is 6.20. The Hall–Kier alpha value is -1.78. The standard InChI is InChI=1S/C8H8N4O/c1-4(2)6-5-3-9-10-7(5)8(13)12-11-6/h3,13H,1-2H3. The summed E-state index contributed by atoms with van der Waals surface area (Å²) in [6.07, 6.45) is 1.58. The number of aromatic nitrogens is 2. The molecule has 0 fully saturated rings. The molecule has 1 N–H and O–H groups in total. The van der Waals surface area contributed by atoms with Gasteiger partial charge in [0.25, 0.3) is 5.88 Å². The lowest BCUT2D eigenvalue weighted by Gasteiger charge is -1.94. The normalized spacial score (nSPS) is 12.5. The SMILES string of the molecule is CC(C)=c1nnc(O)c2c1=CN=N2. The van der Waals surface area contributed by atoms with Gasteiger partial charge in [-0.15, -0.1) is 15.3 Å². The van der Waals surface area contributed by atoms with E-state index < -0.39 is 0 Å². The molecule has 5 nitrogen and oxygen atoms in total. The molecule has 0 atom stereocenters. The molecule has 0 saturated carbocycles. The molecule has 0 aromatic carbocycles. The highest BCUT2D eigenvalue weighted by Gasteiger charge is 2.09. The lowest BCUT2D eigenvalue weighted by Crippen LogP contribution is -2.29. The molecule has 0 spiro atoms. The van der Waals surface area contributed by atoms with Crippen molar-refractivity contribution in [3.05, 3.63) is 10.6 Å². The Kier molecular flexibility index (Phi) is 1.58. The van der Waals surface area contributed by atoms with Gasteiger partial charge in [-0.1, -0.05) is 0 Å². The average Bonchev–Trinajstić information content (AvgIpc) is 2.53. The number of azo groups is 1. The van der Waals surface area contributed by atoms with Gasteiger partial charge in [-0.2, -0.15) is 5.11 Å². The molecule has 1 aromatic rings. The first-order valence-corrected chi connectivity index (χ1v) is 3.84. The van der Waals surface area contributed by atoms with Gasteiger partial charge in [-0.25, -0.2) is 0 Å². The third-order valence-corrected chi connectivity index (χ3v) is 1.78. The fraction of sp³-hybridized carbons (Fsp3) is 0.250. The van der Waals surface area contributed by atoms with E-state index in [-0.39, 0.29) is 5.88 Å². The fourth-order valence-electron chi connectivity index (χ4n) is 1.17. The molecule has 1 aliphatic rings. The second-order valence-corrected chi connectivity index (χ2v) is 2.98. The van der Waals surface area contributed by atoms with Gasteiger partial charge in [0.05, 0.1) is 16.8 Å². The zero-order valence-electron chi connectivity index (χ0n) is 7.31. The Labute approximate surface area is 74.2 Å². The predicted molar refractivity (Wildman–Crippen MR) is 46.7 cm³/mol. The zero-order valence-corrected chi connectivity index (χ0v) is 7.31. The van der Waals surface area contributed by atoms with Crippen LogP contribution in [0.4, 0.5) is 5.69 Å². The van der Waals surface area contributed by atoms with Crippen LogP contribution in [0.15, 0.2) is 10.2 Å². The van der Waals surface area contributed by atoms with E-state index in [2.05, 4.69) is 20.4 Å². The highest BCUT2D eigenvalue weighted by atomic mass is 16.3. The second kappa shape index (κ2) is 2.62. The molecule has 0 aliphatic carbocycles. The van der Waals surface area contributed by atoms with Gasteiger partial charge in [0, 0.05) is 0 Å². The minimum Gasteiger partial charge on any atom is -0.491 e. The van der Waals surface area contributed by atoms with Crippen LogP contribution in [0.3, 0.4) is 0 Å². The van der Waals surface area contributed by atoms with Crippen molar-refractivity contribution in [2.75, 3.05) is 0 Å². The molecular weight excluding hydrogens is 168 g/mol. The van der Waals surface area contributed by atoms with E-state index in [0.717, 1.165) is 16.1 Å². The number of nitrogens with zero attached hydrogens (tertiary/aromatic N) is 4. The van der Waals surface area contributed by atoms with Crippen LogP contribution in [0.1, 0.15) is 13.8 Å². The summed E-state index contributed by atoms with van der Waals surface area (Å²) in [5.41, 5.74) is 1.43. The molecule has 2 rings (SSSR count). The quantitative estimate of drug-likeness (QED) is 0.614. The topological polar surface area (TPSA) is 70.7 Å². The van der Waals surface area contributed by atoms with Crippen LogP contribution in [0.5, 0.6) is 5.88 Å². The predicted octanol–water partition coefficient (Wildman–Crippen LogP) is 0.208. The lowest BCUT2D eigenvalue weighted by molar-refractivity contribution is 0.445. The Morgan fingerprint density at radius 3 is 2.77 bits per heavy atom. The van der Waals surface area contributed by atoms with Crippen molar-refractivity contribution in [2.45, 2.75) is 13.8 Å². The third-order valence-electron chi connectivity index (χ3n) is 1.78. The maximum atomic E-state index is 9.28. The molecule has 2 heterocycles. The first kappa shape index (κ1) is 7.85. The summed E-state index contributed by atoms with van der Waals surface area (Å²) in [5, 5.41) is 25.6. The Balaban J connectivity index is 2.97. The van der Waals surface area contributed by atoms with E-state index in [1.165, 1.54) is 0 Å². The zero-order chi connectivity index (χ0) is 9.42. The van der Waals surface area contributed by atoms with Crippen LogP contribution in [0, 0.1) is 0 Å². The summed E-state index contributed by atoms with van der Waals surface area (Å²) in [6.45, 7) is 3.85. The van der Waals surface area contributed by atoms with Gasteiger partial charge in [0.2, 0.25) is 0 Å². The number of hydrogen-bond donors (Lipinski definition) is 1. The van der Waals surface area contributed by atoms with Crippen LogP contribution < -0.4 is 10.6 Å². The summed E-state index contributed by atoms with van der Waals surface area (Å²) in [4.78, 5) is 0. The second-order valence-electron chi connectivity index (χ2n) is 2.98. The van der Waals surface area contributed by atoms with Crippen LogP contribution in [0.2, 0.25) is 0 Å². The average molecular weight is 176 g/mol. The highest BCUT2D eigenvalue weighted by Crippen LogP contribution is 2.18. The van der Waals surface area contributed by atoms with Gasteiger partial charge in [0.1, 0.15) is 0 Å². The number of hydrogen-bond acceptors (Lipinski definition) is 5. The first-order valence-electron chi connectivity index (χ1n) is 3.84. The van der Waals surface area contributed by atoms with E-state index in [9.17, 15) is 5.11 Å². The van der Waals surface area contributed by atoms with Crippen molar-refractivity contribution in [2.24, 2.45) is 10.2 Å². The highest BCUT2D eigenvalue weighted by molar-refractivity contribution is 5.55. The molecule has 66 valence electrons.